The summed E-state index contributed by atoms with van der Waals surface area (Å²) in [6.07, 6.45) is 5.36. The van der Waals surface area contributed by atoms with Crippen molar-refractivity contribution in [2.24, 2.45) is 17.6 Å². The van der Waals surface area contributed by atoms with Crippen molar-refractivity contribution >= 4 is 35.3 Å². The average Bonchev–Trinajstić information content (AvgIpc) is 4.41. The average molecular weight is 1100 g/mol. The standard InChI is InChI=1S/C57H60F4N14O5/c1-2-36-3-7-39(8-4-36)42-13-5-38(30-48(42)76)32-72-27-20-56(21-28-72,74-33-44(49(63)77)50(69-74)65-52(78)40-9-10-40)17-23-64-67-54(80)45-34-75(70-51(45)66-53(79)41-11-12-41)55(16-22-62)18-25-71(26-19-55)31-37-6-14-43(46(58)29-37)47-15-24-73(68-47)35-57(59,60)61/h3-8,13-15,24,29-30,33-34,40-41H,2,9-12,16-21,25-28,31-32,35H2,1H3,(H5-,63,65,66,67,69,70,76,77,78,79,80)/p+1. The number of aromatic hydroxyl groups is 1. The van der Waals surface area contributed by atoms with Crippen molar-refractivity contribution < 1.29 is 41.8 Å². The van der Waals surface area contributed by atoms with Gasteiger partial charge in [-0.15, -0.1) is 0 Å². The van der Waals surface area contributed by atoms with Crippen LogP contribution in [0.5, 0.6) is 5.75 Å². The van der Waals surface area contributed by atoms with Gasteiger partial charge in [-0.05, 0) is 110 Å². The third kappa shape index (κ3) is 12.5. The topological polar surface area (TPSA) is 239 Å². The molecule has 4 amide bonds. The summed E-state index contributed by atoms with van der Waals surface area (Å²) in [6, 6.07) is 24.9. The lowest BCUT2D eigenvalue weighted by atomic mass is 9.84. The molecule has 0 radical (unpaired) electrons. The number of alkyl halides is 3. The van der Waals surface area contributed by atoms with Gasteiger partial charge in [0.2, 0.25) is 11.8 Å². The number of piperidine rings is 2. The van der Waals surface area contributed by atoms with Gasteiger partial charge in [0.15, 0.2) is 11.6 Å². The summed E-state index contributed by atoms with van der Waals surface area (Å²) in [5, 5.41) is 40.2. The highest BCUT2D eigenvalue weighted by Crippen LogP contribution is 2.39. The second-order valence-electron chi connectivity index (χ2n) is 21.5. The molecule has 4 aliphatic rings. The number of carbonyl (C=O) groups is 4. The Hall–Kier alpha value is -8.41. The zero-order chi connectivity index (χ0) is 56.3. The number of phenols is 1. The summed E-state index contributed by atoms with van der Waals surface area (Å²) in [5.41, 5.74) is 11.2. The molecule has 80 heavy (non-hydrogen) atoms. The van der Waals surface area contributed by atoms with Crippen LogP contribution in [-0.2, 0) is 46.7 Å². The third-order valence-corrected chi connectivity index (χ3v) is 15.8. The lowest BCUT2D eigenvalue weighted by molar-refractivity contribution is -0.142. The van der Waals surface area contributed by atoms with Gasteiger partial charge in [0.05, 0.1) is 34.2 Å². The maximum atomic E-state index is 15.4. The first kappa shape index (κ1) is 54.9. The first-order valence-electron chi connectivity index (χ1n) is 26.9. The second-order valence-corrected chi connectivity index (χ2v) is 21.5. The molecule has 3 aromatic heterocycles. The number of anilines is 2. The molecule has 0 bridgehead atoms. The number of aryl methyl sites for hydroxylation is 1. The van der Waals surface area contributed by atoms with Crippen LogP contribution in [0.4, 0.5) is 29.2 Å². The number of rotatable bonds is 18. The lowest BCUT2D eigenvalue weighted by Gasteiger charge is -2.40. The van der Waals surface area contributed by atoms with E-state index >= 15 is 4.39 Å². The molecular weight excluding hydrogens is 1040 g/mol. The maximum absolute atomic E-state index is 15.4. The molecule has 2 saturated heterocycles. The van der Waals surface area contributed by atoms with E-state index in [1.807, 2.05) is 24.3 Å². The summed E-state index contributed by atoms with van der Waals surface area (Å²) in [5.74, 6) is -2.80. The van der Waals surface area contributed by atoms with E-state index in [1.165, 1.54) is 36.2 Å². The van der Waals surface area contributed by atoms with Crippen LogP contribution in [0, 0.1) is 35.1 Å². The number of benzene rings is 3. The lowest BCUT2D eigenvalue weighted by Crippen LogP contribution is -2.46. The fraction of sp³-hybridized carbons (Fsp3) is 0.421. The van der Waals surface area contributed by atoms with Crippen LogP contribution in [-0.4, -0.2) is 100 Å². The number of halogens is 4. The highest BCUT2D eigenvalue weighted by atomic mass is 19.4. The molecule has 5 heterocycles. The molecule has 3 aromatic carbocycles. The van der Waals surface area contributed by atoms with Crippen molar-refractivity contribution in [3.05, 3.63) is 124 Å². The summed E-state index contributed by atoms with van der Waals surface area (Å²) in [4.78, 5) is 61.6. The Morgan fingerprint density at radius 3 is 1.81 bits per heavy atom. The summed E-state index contributed by atoms with van der Waals surface area (Å²) >= 11 is 0. The Kier molecular flexibility index (Phi) is 15.6. The molecule has 6 N–H and O–H groups in total. The largest absolute Gasteiger partial charge is 0.507 e. The van der Waals surface area contributed by atoms with Crippen molar-refractivity contribution in [2.75, 3.05) is 36.8 Å². The van der Waals surface area contributed by atoms with Crippen LogP contribution in [0.3, 0.4) is 0 Å². The molecule has 2 saturated carbocycles. The van der Waals surface area contributed by atoms with Crippen LogP contribution in [0.1, 0.15) is 109 Å². The van der Waals surface area contributed by atoms with Gasteiger partial charge < -0.3 is 21.5 Å². The minimum atomic E-state index is -4.48. The number of nitrogens with zero attached hydrogens (tertiary/aromatic N) is 10. The molecule has 0 unspecified atom stereocenters. The zero-order valence-electron chi connectivity index (χ0n) is 44.1. The number of amides is 4. The molecule has 2 aliphatic heterocycles. The molecule has 0 spiro atoms. The number of carbonyl (C=O) groups excluding carboxylic acids is 4. The Bertz CT molecular complexity index is 3420. The Morgan fingerprint density at radius 2 is 1.29 bits per heavy atom. The van der Waals surface area contributed by atoms with Gasteiger partial charge >= 0.3 is 18.2 Å². The number of nitriles is 1. The Balaban J connectivity index is 0.841. The van der Waals surface area contributed by atoms with Gasteiger partial charge in [0, 0.05) is 80.8 Å². The number of hydrogen-bond acceptors (Lipinski definition) is 11. The number of primary amides is 1. The summed E-state index contributed by atoms with van der Waals surface area (Å²) in [6.45, 7) is 3.68. The summed E-state index contributed by atoms with van der Waals surface area (Å²) in [7, 11) is 0. The fourth-order valence-electron chi connectivity index (χ4n) is 10.6. The van der Waals surface area contributed by atoms with E-state index in [0.29, 0.717) is 88.0 Å². The number of phenolic OH excluding ortho intramolecular Hbond substituents is 1. The molecule has 19 nitrogen and oxygen atoms in total. The molecular formula is C57H61F4N14O5+. The van der Waals surface area contributed by atoms with E-state index in [-0.39, 0.29) is 76.3 Å². The number of hydrogen-bond donors (Lipinski definition) is 5. The van der Waals surface area contributed by atoms with Crippen LogP contribution in [0.15, 0.2) is 85.3 Å². The van der Waals surface area contributed by atoms with E-state index in [2.05, 4.69) is 67.1 Å². The fourth-order valence-corrected chi connectivity index (χ4v) is 10.6. The van der Waals surface area contributed by atoms with Crippen LogP contribution in [0.25, 0.3) is 27.3 Å². The molecule has 2 aliphatic carbocycles. The van der Waals surface area contributed by atoms with Gasteiger partial charge in [-0.1, -0.05) is 49.4 Å². The Labute approximate surface area is 458 Å². The van der Waals surface area contributed by atoms with E-state index in [0.717, 1.165) is 42.1 Å². The smallest absolute Gasteiger partial charge is 0.408 e. The molecule has 23 heteroatoms. The van der Waals surface area contributed by atoms with Crippen LogP contribution < -0.4 is 21.8 Å². The zero-order valence-corrected chi connectivity index (χ0v) is 44.1. The van der Waals surface area contributed by atoms with Crippen LogP contribution >= 0.6 is 0 Å². The highest BCUT2D eigenvalue weighted by Gasteiger charge is 2.42. The van der Waals surface area contributed by atoms with Crippen molar-refractivity contribution in [3.63, 3.8) is 0 Å². The molecule has 416 valence electrons. The van der Waals surface area contributed by atoms with Crippen LogP contribution in [0.2, 0.25) is 0 Å². The minimum absolute atomic E-state index is 0.00174. The van der Waals surface area contributed by atoms with E-state index in [4.69, 9.17) is 15.9 Å². The van der Waals surface area contributed by atoms with Gasteiger partial charge in [0.25, 0.3) is 5.91 Å². The highest BCUT2D eigenvalue weighted by molar-refractivity contribution is 6.04. The first-order valence-corrected chi connectivity index (χ1v) is 26.9. The number of nitrogens with one attached hydrogen (secondary N) is 3. The van der Waals surface area contributed by atoms with Crippen molar-refractivity contribution in [1.29, 1.82) is 5.26 Å². The predicted octanol–water partition coefficient (Wildman–Crippen LogP) is 8.34. The third-order valence-electron chi connectivity index (χ3n) is 15.8. The number of aromatic nitrogens is 6. The van der Waals surface area contributed by atoms with Crippen molar-refractivity contribution in [2.45, 2.75) is 114 Å². The maximum Gasteiger partial charge on any atom is 0.408 e. The predicted molar refractivity (Wildman–Crippen MR) is 287 cm³/mol. The molecule has 6 aromatic rings. The van der Waals surface area contributed by atoms with E-state index in [1.54, 1.807) is 21.5 Å². The quantitative estimate of drug-likeness (QED) is 0.0405. The first-order chi connectivity index (χ1) is 38.4. The molecule has 10 rings (SSSR count). The SMILES string of the molecule is CCc1ccc(-c2ccc(CN3CCC(CC#[N+]NC(=O)c4cn(C5(CC#N)CCN(Cc6ccc(-c7ccn(CC(F)(F)F)n7)c(F)c6)CC5)nc4NC(=O)C4CC4)(n4cc(C(N)=O)c(NC(=O)C5CC5)n4)CC3)cc2O)cc1. The van der Waals surface area contributed by atoms with Gasteiger partial charge in [0.1, 0.15) is 35.7 Å². The van der Waals surface area contributed by atoms with Gasteiger partial charge in [-0.25, -0.2) is 4.39 Å². The Morgan fingerprint density at radius 1 is 0.750 bits per heavy atom. The monoisotopic (exact) mass is 1100 g/mol. The second kappa shape index (κ2) is 22.7. The minimum Gasteiger partial charge on any atom is -0.507 e. The van der Waals surface area contributed by atoms with E-state index in [9.17, 15) is 42.7 Å². The van der Waals surface area contributed by atoms with E-state index < -0.39 is 41.4 Å². The molecule has 4 fully saturated rings. The normalized spacial score (nSPS) is 17.2. The van der Waals surface area contributed by atoms with Crippen molar-refractivity contribution in [3.8, 4) is 40.3 Å². The van der Waals surface area contributed by atoms with Crippen molar-refractivity contribution in [1.82, 2.24) is 44.6 Å². The number of likely N-dealkylation sites (tertiary alicyclic amines) is 2. The van der Waals surface area contributed by atoms with Gasteiger partial charge in [-0.3, -0.25) is 43.0 Å². The van der Waals surface area contributed by atoms with Gasteiger partial charge in [-0.2, -0.15) is 33.7 Å². The molecule has 0 atom stereocenters. The summed E-state index contributed by atoms with van der Waals surface area (Å²) < 4.78 is 58.0. The number of nitrogens with two attached hydrogens (primary N) is 1.